The number of hydrogen-bond donors (Lipinski definition) is 2. The molecular formula is C12H14N8O. The molecule has 21 heavy (non-hydrogen) atoms. The van der Waals surface area contributed by atoms with Crippen molar-refractivity contribution in [2.75, 3.05) is 11.1 Å². The number of nitrogen functional groups attached to an aromatic ring is 1. The first-order chi connectivity index (χ1) is 10.1. The van der Waals surface area contributed by atoms with Crippen molar-refractivity contribution in [1.29, 1.82) is 0 Å². The Balaban J connectivity index is 1.83. The lowest BCUT2D eigenvalue weighted by molar-refractivity contribution is 0.392. The summed E-state index contributed by atoms with van der Waals surface area (Å²) in [5, 5.41) is 11.0. The van der Waals surface area contributed by atoms with Crippen LogP contribution in [0.3, 0.4) is 0 Å². The highest BCUT2D eigenvalue weighted by atomic mass is 16.5. The summed E-state index contributed by atoms with van der Waals surface area (Å²) in [6.07, 6.45) is 3.36. The van der Waals surface area contributed by atoms with Gasteiger partial charge in [-0.1, -0.05) is 5.16 Å². The second-order valence-electron chi connectivity index (χ2n) is 4.42. The number of anilines is 2. The van der Waals surface area contributed by atoms with Gasteiger partial charge in [0.15, 0.2) is 0 Å². The van der Waals surface area contributed by atoms with Crippen LogP contribution < -0.4 is 11.1 Å². The highest BCUT2D eigenvalue weighted by Crippen LogP contribution is 2.14. The predicted octanol–water partition coefficient (Wildman–Crippen LogP) is 0.856. The van der Waals surface area contributed by atoms with Gasteiger partial charge >= 0.3 is 0 Å². The zero-order chi connectivity index (χ0) is 14.8. The third kappa shape index (κ3) is 2.66. The van der Waals surface area contributed by atoms with Gasteiger partial charge in [-0.05, 0) is 19.9 Å². The Morgan fingerprint density at radius 2 is 2.14 bits per heavy atom. The summed E-state index contributed by atoms with van der Waals surface area (Å²) in [6, 6.07) is 1.77. The van der Waals surface area contributed by atoms with Crippen molar-refractivity contribution >= 4 is 11.9 Å². The second kappa shape index (κ2) is 5.19. The summed E-state index contributed by atoms with van der Waals surface area (Å²) in [7, 11) is 0. The fourth-order valence-electron chi connectivity index (χ4n) is 1.87. The summed E-state index contributed by atoms with van der Waals surface area (Å²) in [6.45, 7) is 4.22. The minimum Gasteiger partial charge on any atom is -0.368 e. The van der Waals surface area contributed by atoms with E-state index in [4.69, 9.17) is 10.3 Å². The molecule has 0 saturated heterocycles. The van der Waals surface area contributed by atoms with E-state index < -0.39 is 0 Å². The van der Waals surface area contributed by atoms with E-state index in [0.717, 1.165) is 17.0 Å². The van der Waals surface area contributed by atoms with E-state index in [9.17, 15) is 0 Å². The fourth-order valence-corrected chi connectivity index (χ4v) is 1.87. The van der Waals surface area contributed by atoms with Crippen LogP contribution in [0.2, 0.25) is 0 Å². The van der Waals surface area contributed by atoms with Crippen LogP contribution in [0.15, 0.2) is 23.0 Å². The Labute approximate surface area is 120 Å². The molecule has 3 heterocycles. The molecule has 3 aromatic rings. The van der Waals surface area contributed by atoms with E-state index in [0.29, 0.717) is 18.4 Å². The highest BCUT2D eigenvalue weighted by molar-refractivity contribution is 5.36. The van der Waals surface area contributed by atoms with Crippen molar-refractivity contribution in [2.45, 2.75) is 20.4 Å². The number of hydrogen-bond acceptors (Lipinski definition) is 8. The van der Waals surface area contributed by atoms with E-state index in [2.05, 4.69) is 30.5 Å². The van der Waals surface area contributed by atoms with Crippen LogP contribution in [0.4, 0.5) is 11.9 Å². The number of aromatic nitrogens is 6. The Morgan fingerprint density at radius 1 is 1.29 bits per heavy atom. The zero-order valence-electron chi connectivity index (χ0n) is 11.6. The number of nitrogens with zero attached hydrogens (tertiary/aromatic N) is 6. The van der Waals surface area contributed by atoms with Gasteiger partial charge in [0.2, 0.25) is 11.9 Å². The molecule has 9 nitrogen and oxygen atoms in total. The Bertz CT molecular complexity index is 729. The van der Waals surface area contributed by atoms with Crippen molar-refractivity contribution in [1.82, 2.24) is 29.9 Å². The standard InChI is InChI=1S/C12H14N8O/c1-7-9(8(2)21-19-7)6-14-11-16-10(13)17-12(18-11)20-5-3-4-15-20/h3-5H,6H2,1-2H3,(H3,13,14,16,17,18). The third-order valence-corrected chi connectivity index (χ3v) is 2.95. The third-order valence-electron chi connectivity index (χ3n) is 2.95. The zero-order valence-corrected chi connectivity index (χ0v) is 11.6. The van der Waals surface area contributed by atoms with Gasteiger partial charge in [0, 0.05) is 24.5 Å². The van der Waals surface area contributed by atoms with Crippen molar-refractivity contribution in [3.63, 3.8) is 0 Å². The van der Waals surface area contributed by atoms with E-state index in [1.54, 1.807) is 18.5 Å². The van der Waals surface area contributed by atoms with Crippen molar-refractivity contribution in [3.8, 4) is 5.95 Å². The van der Waals surface area contributed by atoms with E-state index in [-0.39, 0.29) is 5.95 Å². The summed E-state index contributed by atoms with van der Waals surface area (Å²) < 4.78 is 6.62. The highest BCUT2D eigenvalue weighted by Gasteiger charge is 2.11. The molecule has 0 bridgehead atoms. The molecule has 3 aromatic heterocycles. The molecule has 9 heteroatoms. The van der Waals surface area contributed by atoms with E-state index >= 15 is 0 Å². The molecule has 108 valence electrons. The van der Waals surface area contributed by atoms with Crippen molar-refractivity contribution < 1.29 is 4.52 Å². The number of rotatable bonds is 4. The fraction of sp³-hybridized carbons (Fsp3) is 0.250. The normalized spacial score (nSPS) is 10.8. The van der Waals surface area contributed by atoms with Gasteiger partial charge in [0.1, 0.15) is 5.76 Å². The van der Waals surface area contributed by atoms with Crippen LogP contribution in [-0.4, -0.2) is 29.9 Å². The van der Waals surface area contributed by atoms with Crippen LogP contribution in [0.1, 0.15) is 17.0 Å². The van der Waals surface area contributed by atoms with Gasteiger partial charge < -0.3 is 15.6 Å². The van der Waals surface area contributed by atoms with Gasteiger partial charge in [-0.2, -0.15) is 20.1 Å². The summed E-state index contributed by atoms with van der Waals surface area (Å²) in [5.74, 6) is 1.60. The predicted molar refractivity (Wildman–Crippen MR) is 74.7 cm³/mol. The Morgan fingerprint density at radius 3 is 2.81 bits per heavy atom. The minimum atomic E-state index is 0.122. The summed E-state index contributed by atoms with van der Waals surface area (Å²) in [5.41, 5.74) is 7.50. The molecule has 0 aliphatic heterocycles. The van der Waals surface area contributed by atoms with Gasteiger partial charge in [-0.3, -0.25) is 0 Å². The molecule has 0 atom stereocenters. The smallest absolute Gasteiger partial charge is 0.257 e. The maximum atomic E-state index is 5.70. The van der Waals surface area contributed by atoms with Crippen LogP contribution in [-0.2, 0) is 6.54 Å². The molecule has 0 aromatic carbocycles. The SMILES string of the molecule is Cc1noc(C)c1CNc1nc(N)nc(-n2cccn2)n1. The van der Waals surface area contributed by atoms with Gasteiger partial charge in [0.05, 0.1) is 5.69 Å². The molecule has 0 saturated carbocycles. The summed E-state index contributed by atoms with van der Waals surface area (Å²) in [4.78, 5) is 12.4. The first-order valence-electron chi connectivity index (χ1n) is 6.30. The van der Waals surface area contributed by atoms with Crippen molar-refractivity contribution in [3.05, 3.63) is 35.5 Å². The largest absolute Gasteiger partial charge is 0.368 e. The van der Waals surface area contributed by atoms with Crippen LogP contribution in [0.5, 0.6) is 0 Å². The lowest BCUT2D eigenvalue weighted by Crippen LogP contribution is -2.11. The first kappa shape index (κ1) is 13.0. The van der Waals surface area contributed by atoms with Gasteiger partial charge in [-0.25, -0.2) is 4.68 Å². The molecule has 3 N–H and O–H groups in total. The average Bonchev–Trinajstić information content (AvgIpc) is 3.08. The molecule has 0 spiro atoms. The van der Waals surface area contributed by atoms with E-state index in [1.165, 1.54) is 4.68 Å². The number of aryl methyl sites for hydroxylation is 2. The molecule has 0 aliphatic rings. The molecule has 3 rings (SSSR count). The molecule has 0 unspecified atom stereocenters. The van der Waals surface area contributed by atoms with E-state index in [1.807, 2.05) is 13.8 Å². The molecule has 0 amide bonds. The molecular weight excluding hydrogens is 272 g/mol. The number of nitrogens with one attached hydrogen (secondary N) is 1. The quantitative estimate of drug-likeness (QED) is 0.724. The molecule has 0 aliphatic carbocycles. The topological polar surface area (TPSA) is 121 Å². The summed E-state index contributed by atoms with van der Waals surface area (Å²) >= 11 is 0. The molecule has 0 radical (unpaired) electrons. The molecule has 0 fully saturated rings. The maximum absolute atomic E-state index is 5.70. The van der Waals surface area contributed by atoms with Gasteiger partial charge in [-0.15, -0.1) is 0 Å². The lowest BCUT2D eigenvalue weighted by Gasteiger charge is -2.07. The Hall–Kier alpha value is -2.97. The number of nitrogens with two attached hydrogens (primary N) is 1. The maximum Gasteiger partial charge on any atom is 0.257 e. The second-order valence-corrected chi connectivity index (χ2v) is 4.42. The average molecular weight is 286 g/mol. The van der Waals surface area contributed by atoms with Crippen LogP contribution in [0, 0.1) is 13.8 Å². The van der Waals surface area contributed by atoms with Crippen LogP contribution >= 0.6 is 0 Å². The van der Waals surface area contributed by atoms with Gasteiger partial charge in [0.25, 0.3) is 5.95 Å². The van der Waals surface area contributed by atoms with Crippen molar-refractivity contribution in [2.24, 2.45) is 0 Å². The lowest BCUT2D eigenvalue weighted by atomic mass is 10.2. The monoisotopic (exact) mass is 286 g/mol. The van der Waals surface area contributed by atoms with Crippen LogP contribution in [0.25, 0.3) is 5.95 Å². The minimum absolute atomic E-state index is 0.122. The first-order valence-corrected chi connectivity index (χ1v) is 6.30. The Kier molecular flexibility index (Phi) is 3.22.